The van der Waals surface area contributed by atoms with Gasteiger partial charge in [0.05, 0.1) is 13.2 Å². The Kier molecular flexibility index (Phi) is 6.02. The third kappa shape index (κ3) is 4.03. The molecule has 8 heteroatoms. The number of nitrogens with one attached hydrogen (secondary N) is 1. The summed E-state index contributed by atoms with van der Waals surface area (Å²) in [6.07, 6.45) is 6.89. The zero-order valence-electron chi connectivity index (χ0n) is 19.3. The largest absolute Gasteiger partial charge is 0.353 e. The molecule has 1 amide bonds. The molecule has 176 valence electrons. The number of benzene rings is 2. The summed E-state index contributed by atoms with van der Waals surface area (Å²) in [6.45, 7) is 4.24. The molecular formula is C26H29FN6O. The summed E-state index contributed by atoms with van der Waals surface area (Å²) in [5, 5.41) is 11.9. The summed E-state index contributed by atoms with van der Waals surface area (Å²) in [5.74, 6) is 0.0944. The van der Waals surface area contributed by atoms with Crippen LogP contribution in [0.25, 0.3) is 6.08 Å². The minimum absolute atomic E-state index is 0.228. The quantitative estimate of drug-likeness (QED) is 0.489. The first-order valence-electron chi connectivity index (χ1n) is 11.7. The maximum absolute atomic E-state index is 13.4. The van der Waals surface area contributed by atoms with Gasteiger partial charge >= 0.3 is 0 Å². The smallest absolute Gasteiger partial charge is 0.271 e. The molecule has 1 aliphatic carbocycles. The average Bonchev–Trinajstić information content (AvgIpc) is 3.27. The zero-order valence-corrected chi connectivity index (χ0v) is 19.3. The second kappa shape index (κ2) is 9.12. The number of nitrogens with two attached hydrogens (primary N) is 1. The van der Waals surface area contributed by atoms with Gasteiger partial charge in [0.1, 0.15) is 17.7 Å². The molecule has 1 atom stereocenters. The van der Waals surface area contributed by atoms with Gasteiger partial charge in [-0.05, 0) is 72.7 Å². The fourth-order valence-electron chi connectivity index (χ4n) is 5.09. The van der Waals surface area contributed by atoms with Crippen LogP contribution >= 0.6 is 0 Å². The van der Waals surface area contributed by atoms with Crippen LogP contribution in [0.2, 0.25) is 0 Å². The minimum Gasteiger partial charge on any atom is -0.353 e. The zero-order chi connectivity index (χ0) is 23.8. The fourth-order valence-corrected chi connectivity index (χ4v) is 5.09. The number of amides is 1. The van der Waals surface area contributed by atoms with Gasteiger partial charge in [0.25, 0.3) is 5.91 Å². The predicted octanol–water partition coefficient (Wildman–Crippen LogP) is 3.30. The molecule has 1 saturated heterocycles. The Labute approximate surface area is 198 Å². The summed E-state index contributed by atoms with van der Waals surface area (Å²) in [7, 11) is 0. The van der Waals surface area contributed by atoms with Crippen LogP contribution in [0.5, 0.6) is 0 Å². The van der Waals surface area contributed by atoms with Gasteiger partial charge in [-0.25, -0.2) is 9.40 Å². The van der Waals surface area contributed by atoms with Crippen molar-refractivity contribution in [3.63, 3.8) is 0 Å². The molecule has 2 aromatic carbocycles. The molecule has 5 rings (SSSR count). The molecule has 3 N–H and O–H groups in total. The molecule has 2 heterocycles. The minimum atomic E-state index is -0.514. The van der Waals surface area contributed by atoms with Gasteiger partial charge in [-0.2, -0.15) is 4.99 Å². The number of aliphatic imine (C=N–C) groups is 1. The van der Waals surface area contributed by atoms with Crippen LogP contribution in [0.15, 0.2) is 47.5 Å². The number of hydrogen-bond acceptors (Lipinski definition) is 6. The van der Waals surface area contributed by atoms with E-state index in [4.69, 9.17) is 11.1 Å². The van der Waals surface area contributed by atoms with Gasteiger partial charge in [0.15, 0.2) is 0 Å². The van der Waals surface area contributed by atoms with Crippen LogP contribution in [-0.2, 0) is 17.6 Å². The fraction of sp³-hybridized carbons (Fsp3) is 0.346. The van der Waals surface area contributed by atoms with Crippen molar-refractivity contribution in [2.24, 2.45) is 10.7 Å². The standard InChI is InChI=1S/C26H29FN6O/c1-17(29)15-31(16-28)23-11-5-18(21-9-10-22(21)23)6-12-24-30-26(34)25(33-14-2-13-32(24)33)19-3-7-20(27)8-4-19/h3-8,11-12,25,29H,2,9-10,13-16,28H2,1H3. The predicted molar refractivity (Wildman–Crippen MR) is 132 cm³/mol. The van der Waals surface area contributed by atoms with Crippen LogP contribution in [0.1, 0.15) is 41.6 Å². The van der Waals surface area contributed by atoms with Gasteiger partial charge in [0, 0.05) is 24.5 Å². The third-order valence-corrected chi connectivity index (χ3v) is 6.74. The van der Waals surface area contributed by atoms with E-state index in [1.54, 1.807) is 19.1 Å². The first-order chi connectivity index (χ1) is 16.5. The molecule has 0 bridgehead atoms. The molecule has 0 saturated carbocycles. The van der Waals surface area contributed by atoms with E-state index < -0.39 is 6.04 Å². The number of halogens is 1. The number of amidine groups is 1. The third-order valence-electron chi connectivity index (χ3n) is 6.74. The van der Waals surface area contributed by atoms with E-state index in [1.807, 2.05) is 22.1 Å². The Morgan fingerprint density at radius 1 is 1.18 bits per heavy atom. The Balaban J connectivity index is 1.41. The molecule has 2 aliphatic heterocycles. The lowest BCUT2D eigenvalue weighted by Crippen LogP contribution is -2.49. The maximum Gasteiger partial charge on any atom is 0.271 e. The Bertz CT molecular complexity index is 1190. The van der Waals surface area contributed by atoms with Crippen molar-refractivity contribution in [2.45, 2.75) is 32.2 Å². The van der Waals surface area contributed by atoms with Crippen molar-refractivity contribution in [3.8, 4) is 0 Å². The number of carbonyl (C=O) groups is 1. The van der Waals surface area contributed by atoms with Crippen molar-refractivity contribution in [2.75, 3.05) is 31.2 Å². The van der Waals surface area contributed by atoms with E-state index >= 15 is 0 Å². The molecule has 1 fully saturated rings. The van der Waals surface area contributed by atoms with Gasteiger partial charge in [-0.15, -0.1) is 0 Å². The van der Waals surface area contributed by atoms with Crippen LogP contribution < -0.4 is 10.6 Å². The van der Waals surface area contributed by atoms with E-state index in [0.717, 1.165) is 49.2 Å². The highest BCUT2D eigenvalue weighted by molar-refractivity contribution is 6.06. The number of carbonyl (C=O) groups excluding carboxylic acids is 1. The van der Waals surface area contributed by atoms with Crippen molar-refractivity contribution < 1.29 is 9.18 Å². The Hall–Kier alpha value is -3.36. The summed E-state index contributed by atoms with van der Waals surface area (Å²) in [4.78, 5) is 19.5. The second-order valence-electron chi connectivity index (χ2n) is 9.03. The average molecular weight is 461 g/mol. The summed E-state index contributed by atoms with van der Waals surface area (Å²) in [6, 6.07) is 9.75. The van der Waals surface area contributed by atoms with Crippen LogP contribution in [0.4, 0.5) is 10.1 Å². The van der Waals surface area contributed by atoms with Gasteiger partial charge in [-0.3, -0.25) is 9.80 Å². The molecule has 0 radical (unpaired) electrons. The molecule has 3 aliphatic rings. The van der Waals surface area contributed by atoms with Gasteiger partial charge in [0.2, 0.25) is 0 Å². The van der Waals surface area contributed by atoms with E-state index in [-0.39, 0.29) is 11.7 Å². The SMILES string of the molecule is CC(=N)CN(CN)c1ccc(C=CC2=NC(=O)C(c3ccc(F)cc3)N3CCCN23)c2c1CC2. The molecule has 0 aromatic heterocycles. The molecular weight excluding hydrogens is 431 g/mol. The van der Waals surface area contributed by atoms with Crippen LogP contribution in [-0.4, -0.2) is 53.8 Å². The summed E-state index contributed by atoms with van der Waals surface area (Å²) in [5.41, 5.74) is 12.1. The first kappa shape index (κ1) is 22.4. The number of hydrazine groups is 1. The number of nitrogens with zero attached hydrogens (tertiary/aromatic N) is 4. The lowest BCUT2D eigenvalue weighted by Gasteiger charge is -2.38. The van der Waals surface area contributed by atoms with Crippen LogP contribution in [0.3, 0.4) is 0 Å². The lowest BCUT2D eigenvalue weighted by molar-refractivity contribution is -0.129. The highest BCUT2D eigenvalue weighted by atomic mass is 19.1. The monoisotopic (exact) mass is 460 g/mol. The van der Waals surface area contributed by atoms with E-state index in [1.165, 1.54) is 23.3 Å². The molecule has 1 unspecified atom stereocenters. The molecule has 34 heavy (non-hydrogen) atoms. The Morgan fingerprint density at radius 3 is 2.62 bits per heavy atom. The van der Waals surface area contributed by atoms with E-state index in [0.29, 0.717) is 24.8 Å². The summed E-state index contributed by atoms with van der Waals surface area (Å²) < 4.78 is 13.4. The second-order valence-corrected chi connectivity index (χ2v) is 9.03. The number of rotatable bonds is 7. The van der Waals surface area contributed by atoms with Crippen LogP contribution in [0, 0.1) is 11.2 Å². The van der Waals surface area contributed by atoms with E-state index in [9.17, 15) is 9.18 Å². The Morgan fingerprint density at radius 2 is 1.94 bits per heavy atom. The molecule has 7 nitrogen and oxygen atoms in total. The maximum atomic E-state index is 13.4. The number of hydrogen-bond donors (Lipinski definition) is 2. The topological polar surface area (TPSA) is 89.0 Å². The van der Waals surface area contributed by atoms with Crippen molar-refractivity contribution in [1.29, 1.82) is 5.41 Å². The van der Waals surface area contributed by atoms with Gasteiger partial charge < -0.3 is 16.0 Å². The highest BCUT2D eigenvalue weighted by Gasteiger charge is 2.39. The highest BCUT2D eigenvalue weighted by Crippen LogP contribution is 2.36. The van der Waals surface area contributed by atoms with Crippen molar-refractivity contribution in [3.05, 3.63) is 70.5 Å². The van der Waals surface area contributed by atoms with Crippen molar-refractivity contribution in [1.82, 2.24) is 10.0 Å². The van der Waals surface area contributed by atoms with Crippen molar-refractivity contribution >= 4 is 29.2 Å². The molecule has 2 aromatic rings. The summed E-state index contributed by atoms with van der Waals surface area (Å²) >= 11 is 0. The molecule has 0 spiro atoms. The normalized spacial score (nSPS) is 19.6. The number of fused-ring (bicyclic) bond motifs is 2. The van der Waals surface area contributed by atoms with Gasteiger partial charge in [-0.1, -0.05) is 24.3 Å². The lowest BCUT2D eigenvalue weighted by atomic mass is 9.83. The first-order valence-corrected chi connectivity index (χ1v) is 11.7. The van der Waals surface area contributed by atoms with E-state index in [2.05, 4.69) is 22.1 Å². The number of anilines is 1.